The van der Waals surface area contributed by atoms with Crippen LogP contribution >= 0.6 is 11.6 Å². The molecule has 1 N–H and O–H groups in total. The Morgan fingerprint density at radius 3 is 2.32 bits per heavy atom. The molecule has 0 saturated carbocycles. The van der Waals surface area contributed by atoms with Gasteiger partial charge in [-0.25, -0.2) is 0 Å². The fourth-order valence-corrected chi connectivity index (χ4v) is 4.22. The minimum Gasteiger partial charge on any atom is -1.00 e. The van der Waals surface area contributed by atoms with Gasteiger partial charge in [-0.15, -0.1) is 0 Å². The molecule has 1 atom stereocenters. The topological polar surface area (TPSA) is 53.3 Å². The molecule has 1 aromatic heterocycles. The van der Waals surface area contributed by atoms with Crippen molar-refractivity contribution in [3.63, 3.8) is 0 Å². The zero-order valence-electron chi connectivity index (χ0n) is 17.5. The highest BCUT2D eigenvalue weighted by Crippen LogP contribution is 2.36. The fraction of sp³-hybridized carbons (Fsp3) is 0.208. The predicted molar refractivity (Wildman–Crippen MR) is 117 cm³/mol. The van der Waals surface area contributed by atoms with Crippen molar-refractivity contribution in [2.45, 2.75) is 32.9 Å². The lowest BCUT2D eigenvalue weighted by Gasteiger charge is -2.40. The summed E-state index contributed by atoms with van der Waals surface area (Å²) >= 11 is 6.06. The number of rotatable bonds is 3. The number of anilines is 2. The van der Waals surface area contributed by atoms with E-state index in [2.05, 4.69) is 5.32 Å². The van der Waals surface area contributed by atoms with Crippen LogP contribution < -0.4 is 38.8 Å². The van der Waals surface area contributed by atoms with E-state index in [0.717, 1.165) is 22.5 Å². The van der Waals surface area contributed by atoms with Gasteiger partial charge >= 0.3 is 0 Å². The van der Waals surface area contributed by atoms with Gasteiger partial charge in [-0.2, -0.15) is 4.57 Å². The third-order valence-electron chi connectivity index (χ3n) is 5.69. The second-order valence-corrected chi connectivity index (χ2v) is 8.15. The van der Waals surface area contributed by atoms with Crippen LogP contribution in [0.4, 0.5) is 11.4 Å². The van der Waals surface area contributed by atoms with E-state index < -0.39 is 5.54 Å². The molecule has 1 aliphatic rings. The normalized spacial score (nSPS) is 17.5. The summed E-state index contributed by atoms with van der Waals surface area (Å²) in [6.07, 6.45) is 1.83. The number of nitrogens with one attached hydrogen (secondary N) is 1. The molecule has 4 rings (SSSR count). The Balaban J connectivity index is 0.00000272. The number of para-hydroxylation sites is 1. The third kappa shape index (κ3) is 4.06. The fourth-order valence-electron chi connectivity index (χ4n) is 4.09. The molecule has 0 aliphatic carbocycles. The minimum absolute atomic E-state index is 0. The van der Waals surface area contributed by atoms with Crippen LogP contribution in [-0.2, 0) is 21.7 Å². The summed E-state index contributed by atoms with van der Waals surface area (Å²) in [5, 5.41) is 3.66. The average molecular weight is 548 g/mol. The van der Waals surface area contributed by atoms with Gasteiger partial charge in [0.2, 0.25) is 17.8 Å². The number of fused-ring (bicyclic) bond motifs is 1. The second kappa shape index (κ2) is 8.96. The molecule has 7 heteroatoms. The summed E-state index contributed by atoms with van der Waals surface area (Å²) in [7, 11) is 0. The number of carbonyl (C=O) groups excluding carboxylic acids is 2. The summed E-state index contributed by atoms with van der Waals surface area (Å²) in [5.41, 5.74) is 2.81. The molecule has 31 heavy (non-hydrogen) atoms. The van der Waals surface area contributed by atoms with Gasteiger partial charge in [-0.05, 0) is 56.2 Å². The molecule has 0 fully saturated rings. The molecule has 5 nitrogen and oxygen atoms in total. The molecule has 2 aromatic carbocycles. The molecular weight excluding hydrogens is 525 g/mol. The number of aromatic nitrogens is 1. The number of benzene rings is 2. The van der Waals surface area contributed by atoms with E-state index in [1.807, 2.05) is 61.0 Å². The monoisotopic (exact) mass is 547 g/mol. The third-order valence-corrected chi connectivity index (χ3v) is 5.94. The van der Waals surface area contributed by atoms with Crippen LogP contribution in [0.25, 0.3) is 0 Å². The zero-order valence-corrected chi connectivity index (χ0v) is 20.4. The Morgan fingerprint density at radius 2 is 1.68 bits per heavy atom. The molecule has 1 unspecified atom stereocenters. The van der Waals surface area contributed by atoms with Gasteiger partial charge < -0.3 is 29.3 Å². The first kappa shape index (κ1) is 23.2. The van der Waals surface area contributed by atoms with Crippen LogP contribution in [0.2, 0.25) is 5.02 Å². The summed E-state index contributed by atoms with van der Waals surface area (Å²) in [4.78, 5) is 28.6. The summed E-state index contributed by atoms with van der Waals surface area (Å²) < 4.78 is 1.83. The Kier molecular flexibility index (Phi) is 6.71. The maximum Gasteiger partial charge on any atom is 0.294 e. The van der Waals surface area contributed by atoms with Crippen molar-refractivity contribution >= 4 is 34.8 Å². The Hall–Kier alpha value is -2.45. The van der Waals surface area contributed by atoms with E-state index in [4.69, 9.17) is 11.6 Å². The van der Waals surface area contributed by atoms with Gasteiger partial charge in [0.1, 0.15) is 0 Å². The molecule has 160 valence electrons. The summed E-state index contributed by atoms with van der Waals surface area (Å²) in [5.74, 6) is -0.442. The number of hydrogen-bond donors (Lipinski definition) is 1. The second-order valence-electron chi connectivity index (χ2n) is 7.71. The molecular formula is C24H23ClIN3O2. The zero-order chi connectivity index (χ0) is 21.5. The molecule has 3 aromatic rings. The lowest BCUT2D eigenvalue weighted by atomic mass is 9.89. The van der Waals surface area contributed by atoms with Crippen LogP contribution in [0.1, 0.15) is 23.7 Å². The molecule has 2 amide bonds. The maximum absolute atomic E-state index is 13.8. The SMILES string of the molecule is Cc1cccc(C)c1NC(=O)C1(C)c2cccc[n+]2CC(=O)N1c1ccc(Cl)cc1.[I-]. The summed E-state index contributed by atoms with van der Waals surface area (Å²) in [6.45, 7) is 5.85. The Morgan fingerprint density at radius 1 is 1.03 bits per heavy atom. The van der Waals surface area contributed by atoms with Gasteiger partial charge in [-0.3, -0.25) is 14.5 Å². The van der Waals surface area contributed by atoms with E-state index >= 15 is 0 Å². The average Bonchev–Trinajstić information content (AvgIpc) is 2.72. The predicted octanol–water partition coefficient (Wildman–Crippen LogP) is 1.15. The standard InChI is InChI=1S/C24H22ClN3O2.HI/c1-16-7-6-8-17(2)22(16)26-23(30)24(3)20-9-4-5-14-27(20)15-21(29)28(24)19-12-10-18(25)11-13-19;/h4-14H,15H2,1-3H3;1H. The van der Waals surface area contributed by atoms with Gasteiger partial charge in [0.25, 0.3) is 11.8 Å². The van der Waals surface area contributed by atoms with Crippen LogP contribution in [-0.4, -0.2) is 11.8 Å². The van der Waals surface area contributed by atoms with Crippen LogP contribution in [0.15, 0.2) is 66.9 Å². The molecule has 2 heterocycles. The Bertz CT molecular complexity index is 1130. The number of carbonyl (C=O) groups is 2. The first-order valence-corrected chi connectivity index (χ1v) is 10.2. The molecule has 0 bridgehead atoms. The molecule has 1 aliphatic heterocycles. The lowest BCUT2D eigenvalue weighted by Crippen LogP contribution is -3.00. The van der Waals surface area contributed by atoms with Crippen molar-refractivity contribution in [2.75, 3.05) is 10.2 Å². The Labute approximate surface area is 204 Å². The van der Waals surface area contributed by atoms with Crippen molar-refractivity contribution in [1.29, 1.82) is 0 Å². The van der Waals surface area contributed by atoms with Crippen LogP contribution in [0, 0.1) is 13.8 Å². The molecule has 0 saturated heterocycles. The highest BCUT2D eigenvalue weighted by molar-refractivity contribution is 6.30. The van der Waals surface area contributed by atoms with E-state index in [9.17, 15) is 9.59 Å². The van der Waals surface area contributed by atoms with Crippen molar-refractivity contribution in [2.24, 2.45) is 0 Å². The van der Waals surface area contributed by atoms with Crippen molar-refractivity contribution in [1.82, 2.24) is 0 Å². The highest BCUT2D eigenvalue weighted by atomic mass is 127. The molecule has 0 spiro atoms. The lowest BCUT2D eigenvalue weighted by molar-refractivity contribution is -0.697. The van der Waals surface area contributed by atoms with Gasteiger partial charge in [0.15, 0.2) is 6.20 Å². The largest absolute Gasteiger partial charge is 1.00 e. The van der Waals surface area contributed by atoms with E-state index in [1.165, 1.54) is 0 Å². The summed E-state index contributed by atoms with van der Waals surface area (Å²) in [6, 6.07) is 18.5. The number of nitrogens with zero attached hydrogens (tertiary/aromatic N) is 2. The van der Waals surface area contributed by atoms with E-state index in [1.54, 1.807) is 36.1 Å². The minimum atomic E-state index is -1.25. The smallest absolute Gasteiger partial charge is 0.294 e. The first-order chi connectivity index (χ1) is 14.3. The number of aryl methyl sites for hydroxylation is 2. The van der Waals surface area contributed by atoms with Gasteiger partial charge in [-0.1, -0.05) is 35.9 Å². The highest BCUT2D eigenvalue weighted by Gasteiger charge is 2.54. The number of hydrogen-bond acceptors (Lipinski definition) is 2. The van der Waals surface area contributed by atoms with Crippen molar-refractivity contribution in [3.05, 3.63) is 88.7 Å². The van der Waals surface area contributed by atoms with Crippen LogP contribution in [0.5, 0.6) is 0 Å². The van der Waals surface area contributed by atoms with Gasteiger partial charge in [0.05, 0.1) is 0 Å². The van der Waals surface area contributed by atoms with Gasteiger partial charge in [0, 0.05) is 28.5 Å². The molecule has 0 radical (unpaired) electrons. The van der Waals surface area contributed by atoms with Crippen LogP contribution in [0.3, 0.4) is 0 Å². The number of amides is 2. The van der Waals surface area contributed by atoms with E-state index in [0.29, 0.717) is 10.7 Å². The number of halogens is 2. The van der Waals surface area contributed by atoms with Crippen molar-refractivity contribution < 1.29 is 38.1 Å². The van der Waals surface area contributed by atoms with Crippen molar-refractivity contribution in [3.8, 4) is 0 Å². The first-order valence-electron chi connectivity index (χ1n) is 9.77. The number of pyridine rings is 1. The quantitative estimate of drug-likeness (QED) is 0.395. The van der Waals surface area contributed by atoms with E-state index in [-0.39, 0.29) is 42.3 Å². The maximum atomic E-state index is 13.8.